The molecule has 0 radical (unpaired) electrons. The minimum absolute atomic E-state index is 0.345. The maximum Gasteiger partial charge on any atom is 0.336 e. The van der Waals surface area contributed by atoms with Gasteiger partial charge in [-0.1, -0.05) is 29.8 Å². The number of hydrogen-bond donors (Lipinski definition) is 1. The molecule has 1 N–H and O–H groups in total. The third-order valence-corrected chi connectivity index (χ3v) is 3.10. The molecule has 0 aliphatic rings. The zero-order chi connectivity index (χ0) is 14.0. The molecule has 3 nitrogen and oxygen atoms in total. The molecule has 0 aromatic heterocycles. The third-order valence-electron chi connectivity index (χ3n) is 3.10. The van der Waals surface area contributed by atoms with E-state index in [1.54, 1.807) is 6.07 Å². The van der Waals surface area contributed by atoms with Crippen LogP contribution in [0.5, 0.6) is 0 Å². The first-order valence-electron chi connectivity index (χ1n) is 6.11. The summed E-state index contributed by atoms with van der Waals surface area (Å²) in [6.07, 6.45) is 0. The number of nitrogens with zero attached hydrogens (tertiary/aromatic N) is 1. The number of aromatic carboxylic acids is 1. The molecule has 2 aromatic carbocycles. The van der Waals surface area contributed by atoms with Crippen molar-refractivity contribution in [1.29, 1.82) is 0 Å². The normalized spacial score (nSPS) is 10.3. The SMILES string of the molecule is Cc1ccc(-c2ccc(N(C)C)cc2)c(C(=O)O)c1. The fourth-order valence-corrected chi connectivity index (χ4v) is 2.03. The summed E-state index contributed by atoms with van der Waals surface area (Å²) >= 11 is 0. The predicted octanol–water partition coefficient (Wildman–Crippen LogP) is 3.43. The Hall–Kier alpha value is -2.29. The van der Waals surface area contributed by atoms with Crippen LogP contribution in [0.3, 0.4) is 0 Å². The van der Waals surface area contributed by atoms with Gasteiger partial charge < -0.3 is 10.0 Å². The lowest BCUT2D eigenvalue weighted by atomic mass is 9.97. The number of carboxylic acid groups (broad SMARTS) is 1. The maximum atomic E-state index is 11.3. The van der Waals surface area contributed by atoms with Gasteiger partial charge >= 0.3 is 5.97 Å². The molecule has 0 heterocycles. The second kappa shape index (κ2) is 5.14. The maximum absolute atomic E-state index is 11.3. The van der Waals surface area contributed by atoms with Gasteiger partial charge in [-0.3, -0.25) is 0 Å². The molecule has 0 aliphatic carbocycles. The first-order chi connectivity index (χ1) is 8.99. The molecule has 19 heavy (non-hydrogen) atoms. The van der Waals surface area contributed by atoms with Crippen molar-refractivity contribution in [2.45, 2.75) is 6.92 Å². The minimum atomic E-state index is -0.893. The van der Waals surface area contributed by atoms with Crippen LogP contribution in [-0.4, -0.2) is 25.2 Å². The molecule has 0 aliphatic heterocycles. The Morgan fingerprint density at radius 3 is 2.21 bits per heavy atom. The van der Waals surface area contributed by atoms with Gasteiger partial charge in [0.15, 0.2) is 0 Å². The second-order valence-electron chi connectivity index (χ2n) is 4.80. The van der Waals surface area contributed by atoms with Gasteiger partial charge in [-0.05, 0) is 36.2 Å². The van der Waals surface area contributed by atoms with Crippen molar-refractivity contribution >= 4 is 11.7 Å². The van der Waals surface area contributed by atoms with Crippen LogP contribution in [0.15, 0.2) is 42.5 Å². The average Bonchev–Trinajstić information content (AvgIpc) is 2.38. The summed E-state index contributed by atoms with van der Waals surface area (Å²) in [5.41, 5.74) is 4.06. The van der Waals surface area contributed by atoms with Crippen molar-refractivity contribution in [2.24, 2.45) is 0 Å². The van der Waals surface area contributed by atoms with Crippen LogP contribution in [0, 0.1) is 6.92 Å². The summed E-state index contributed by atoms with van der Waals surface area (Å²) in [6.45, 7) is 1.89. The fourth-order valence-electron chi connectivity index (χ4n) is 2.03. The Morgan fingerprint density at radius 1 is 1.05 bits per heavy atom. The van der Waals surface area contributed by atoms with Crippen molar-refractivity contribution in [3.05, 3.63) is 53.6 Å². The smallest absolute Gasteiger partial charge is 0.336 e. The highest BCUT2D eigenvalue weighted by Gasteiger charge is 2.11. The Kier molecular flexibility index (Phi) is 3.56. The van der Waals surface area contributed by atoms with Gasteiger partial charge in [0, 0.05) is 19.8 Å². The number of benzene rings is 2. The van der Waals surface area contributed by atoms with Crippen LogP contribution >= 0.6 is 0 Å². The summed E-state index contributed by atoms with van der Waals surface area (Å²) in [4.78, 5) is 13.3. The van der Waals surface area contributed by atoms with Crippen molar-refractivity contribution in [3.8, 4) is 11.1 Å². The van der Waals surface area contributed by atoms with Crippen LogP contribution in [0.4, 0.5) is 5.69 Å². The van der Waals surface area contributed by atoms with E-state index in [9.17, 15) is 9.90 Å². The van der Waals surface area contributed by atoms with E-state index in [0.717, 1.165) is 22.4 Å². The lowest BCUT2D eigenvalue weighted by molar-refractivity contribution is 0.0697. The summed E-state index contributed by atoms with van der Waals surface area (Å²) < 4.78 is 0. The van der Waals surface area contributed by atoms with Crippen LogP contribution in [-0.2, 0) is 0 Å². The molecule has 0 amide bonds. The van der Waals surface area contributed by atoms with E-state index in [4.69, 9.17) is 0 Å². The lowest BCUT2D eigenvalue weighted by Gasteiger charge is -2.13. The number of rotatable bonds is 3. The highest BCUT2D eigenvalue weighted by atomic mass is 16.4. The van der Waals surface area contributed by atoms with E-state index in [-0.39, 0.29) is 0 Å². The van der Waals surface area contributed by atoms with Crippen molar-refractivity contribution in [3.63, 3.8) is 0 Å². The van der Waals surface area contributed by atoms with Crippen molar-refractivity contribution in [2.75, 3.05) is 19.0 Å². The van der Waals surface area contributed by atoms with Crippen LogP contribution in [0.25, 0.3) is 11.1 Å². The van der Waals surface area contributed by atoms with E-state index in [0.29, 0.717) is 5.56 Å². The minimum Gasteiger partial charge on any atom is -0.478 e. The molecule has 0 saturated carbocycles. The Bertz CT molecular complexity index is 601. The standard InChI is InChI=1S/C16H17NO2/c1-11-4-9-14(15(10-11)16(18)19)12-5-7-13(8-6-12)17(2)3/h4-10H,1-3H3,(H,18,19). The van der Waals surface area contributed by atoms with Gasteiger partial charge in [0.05, 0.1) is 5.56 Å². The monoisotopic (exact) mass is 255 g/mol. The summed E-state index contributed by atoms with van der Waals surface area (Å²) in [7, 11) is 3.95. The van der Waals surface area contributed by atoms with Crippen LogP contribution < -0.4 is 4.90 Å². The van der Waals surface area contributed by atoms with Crippen molar-refractivity contribution in [1.82, 2.24) is 0 Å². The van der Waals surface area contributed by atoms with Gasteiger partial charge in [-0.25, -0.2) is 4.79 Å². The van der Waals surface area contributed by atoms with Gasteiger partial charge in [-0.2, -0.15) is 0 Å². The molecule has 2 rings (SSSR count). The number of carbonyl (C=O) groups is 1. The molecule has 0 atom stereocenters. The average molecular weight is 255 g/mol. The highest BCUT2D eigenvalue weighted by Crippen LogP contribution is 2.26. The number of aryl methyl sites for hydroxylation is 1. The summed E-state index contributed by atoms with van der Waals surface area (Å²) in [6, 6.07) is 13.4. The zero-order valence-corrected chi connectivity index (χ0v) is 11.3. The van der Waals surface area contributed by atoms with E-state index < -0.39 is 5.97 Å². The van der Waals surface area contributed by atoms with E-state index >= 15 is 0 Å². The first kappa shape index (κ1) is 13.1. The summed E-state index contributed by atoms with van der Waals surface area (Å²) in [5.74, 6) is -0.893. The predicted molar refractivity (Wildman–Crippen MR) is 77.9 cm³/mol. The van der Waals surface area contributed by atoms with Crippen LogP contribution in [0.2, 0.25) is 0 Å². The Morgan fingerprint density at radius 2 is 1.68 bits per heavy atom. The van der Waals surface area contributed by atoms with Gasteiger partial charge in [0.1, 0.15) is 0 Å². The molecule has 0 spiro atoms. The second-order valence-corrected chi connectivity index (χ2v) is 4.80. The quantitative estimate of drug-likeness (QED) is 0.913. The molecule has 3 heteroatoms. The highest BCUT2D eigenvalue weighted by molar-refractivity contribution is 5.96. The summed E-state index contributed by atoms with van der Waals surface area (Å²) in [5, 5.41) is 9.29. The molecular formula is C16H17NO2. The largest absolute Gasteiger partial charge is 0.478 e. The molecule has 0 bridgehead atoms. The number of anilines is 1. The van der Waals surface area contributed by atoms with Crippen LogP contribution in [0.1, 0.15) is 15.9 Å². The van der Waals surface area contributed by atoms with Crippen molar-refractivity contribution < 1.29 is 9.90 Å². The van der Waals surface area contributed by atoms with Gasteiger partial charge in [0.25, 0.3) is 0 Å². The fraction of sp³-hybridized carbons (Fsp3) is 0.188. The molecule has 0 unspecified atom stereocenters. The molecule has 0 saturated heterocycles. The Balaban J connectivity index is 2.49. The number of carboxylic acids is 1. The topological polar surface area (TPSA) is 40.5 Å². The molecule has 98 valence electrons. The zero-order valence-electron chi connectivity index (χ0n) is 11.3. The molecule has 2 aromatic rings. The molecular weight excluding hydrogens is 238 g/mol. The molecule has 0 fully saturated rings. The van der Waals surface area contributed by atoms with E-state index in [1.807, 2.05) is 62.3 Å². The van der Waals surface area contributed by atoms with Gasteiger partial charge in [0.2, 0.25) is 0 Å². The Labute approximate surface area is 113 Å². The van der Waals surface area contributed by atoms with E-state index in [1.165, 1.54) is 0 Å². The number of hydrogen-bond acceptors (Lipinski definition) is 2. The lowest BCUT2D eigenvalue weighted by Crippen LogP contribution is -2.08. The first-order valence-corrected chi connectivity index (χ1v) is 6.11. The van der Waals surface area contributed by atoms with Gasteiger partial charge in [-0.15, -0.1) is 0 Å². The van der Waals surface area contributed by atoms with E-state index in [2.05, 4.69) is 0 Å². The third kappa shape index (κ3) is 2.76.